The molecule has 2 heterocycles. The van der Waals surface area contributed by atoms with Gasteiger partial charge in [-0.1, -0.05) is 31.2 Å². The van der Waals surface area contributed by atoms with Crippen molar-refractivity contribution in [2.75, 3.05) is 17.2 Å². The van der Waals surface area contributed by atoms with Crippen LogP contribution in [0.3, 0.4) is 0 Å². The van der Waals surface area contributed by atoms with Gasteiger partial charge in [-0.2, -0.15) is 0 Å². The highest BCUT2D eigenvalue weighted by molar-refractivity contribution is 7.13. The predicted molar refractivity (Wildman–Crippen MR) is 110 cm³/mol. The predicted octanol–water partition coefficient (Wildman–Crippen LogP) is 3.88. The number of rotatable bonds is 5. The summed E-state index contributed by atoms with van der Waals surface area (Å²) in [4.78, 5) is 28.4. The zero-order valence-corrected chi connectivity index (χ0v) is 16.1. The van der Waals surface area contributed by atoms with Crippen molar-refractivity contribution in [3.63, 3.8) is 0 Å². The second-order valence-electron chi connectivity index (χ2n) is 6.47. The van der Waals surface area contributed by atoms with E-state index in [9.17, 15) is 9.59 Å². The van der Waals surface area contributed by atoms with E-state index in [1.165, 1.54) is 16.9 Å². The number of thiazole rings is 1. The van der Waals surface area contributed by atoms with E-state index in [1.807, 2.05) is 5.38 Å². The van der Waals surface area contributed by atoms with E-state index in [0.29, 0.717) is 17.1 Å². The number of hydrogen-bond donors (Lipinski definition) is 2. The standard InChI is InChI=1S/C21H19N3O3S/c1-2-13-3-5-14(6-4-13)21-23-16(12-28-21)10-19(25)22-15-7-8-18-17(9-15)24-20(26)11-27-18/h3-9,12H,2,10-11H2,1H3,(H,22,25)(H,24,26). The maximum atomic E-state index is 12.4. The normalized spacial score (nSPS) is 12.7. The van der Waals surface area contributed by atoms with Gasteiger partial charge in [0.2, 0.25) is 5.91 Å². The minimum atomic E-state index is -0.210. The van der Waals surface area contributed by atoms with Crippen molar-refractivity contribution in [2.24, 2.45) is 0 Å². The van der Waals surface area contributed by atoms with Gasteiger partial charge >= 0.3 is 0 Å². The molecule has 0 saturated heterocycles. The van der Waals surface area contributed by atoms with Crippen molar-refractivity contribution >= 4 is 34.5 Å². The Labute approximate surface area is 166 Å². The number of carbonyl (C=O) groups is 2. The summed E-state index contributed by atoms with van der Waals surface area (Å²) >= 11 is 1.53. The van der Waals surface area contributed by atoms with Crippen LogP contribution in [0.1, 0.15) is 18.2 Å². The number of nitrogens with one attached hydrogen (secondary N) is 2. The van der Waals surface area contributed by atoms with E-state index < -0.39 is 0 Å². The van der Waals surface area contributed by atoms with Crippen LogP contribution >= 0.6 is 11.3 Å². The second kappa shape index (κ2) is 7.82. The lowest BCUT2D eigenvalue weighted by atomic mass is 10.1. The van der Waals surface area contributed by atoms with Gasteiger partial charge in [-0.3, -0.25) is 9.59 Å². The van der Waals surface area contributed by atoms with Crippen LogP contribution in [0.4, 0.5) is 11.4 Å². The zero-order chi connectivity index (χ0) is 19.5. The van der Waals surface area contributed by atoms with E-state index in [1.54, 1.807) is 18.2 Å². The lowest BCUT2D eigenvalue weighted by molar-refractivity contribution is -0.118. The number of anilines is 2. The zero-order valence-electron chi connectivity index (χ0n) is 15.3. The van der Waals surface area contributed by atoms with Crippen molar-refractivity contribution in [3.05, 3.63) is 59.1 Å². The summed E-state index contributed by atoms with van der Waals surface area (Å²) in [5.74, 6) is 0.218. The number of ether oxygens (including phenoxy) is 1. The number of benzene rings is 2. The van der Waals surface area contributed by atoms with Crippen LogP contribution in [0.5, 0.6) is 5.75 Å². The smallest absolute Gasteiger partial charge is 0.262 e. The molecule has 0 unspecified atom stereocenters. The minimum Gasteiger partial charge on any atom is -0.482 e. The second-order valence-corrected chi connectivity index (χ2v) is 7.33. The molecule has 0 aliphatic carbocycles. The molecule has 3 aromatic rings. The summed E-state index contributed by atoms with van der Waals surface area (Å²) in [5.41, 5.74) is 4.22. The van der Waals surface area contributed by atoms with Gasteiger partial charge < -0.3 is 15.4 Å². The van der Waals surface area contributed by atoms with Gasteiger partial charge in [-0.25, -0.2) is 4.98 Å². The van der Waals surface area contributed by atoms with Crippen LogP contribution in [-0.2, 0) is 22.4 Å². The van der Waals surface area contributed by atoms with Crippen molar-refractivity contribution in [3.8, 4) is 16.3 Å². The fourth-order valence-electron chi connectivity index (χ4n) is 2.93. The molecule has 2 amide bonds. The summed E-state index contributed by atoms with van der Waals surface area (Å²) in [5, 5.41) is 8.37. The summed E-state index contributed by atoms with van der Waals surface area (Å²) in [6.07, 6.45) is 1.19. The van der Waals surface area contributed by atoms with Crippen LogP contribution in [-0.4, -0.2) is 23.4 Å². The van der Waals surface area contributed by atoms with E-state index in [0.717, 1.165) is 22.7 Å². The van der Waals surface area contributed by atoms with Crippen LogP contribution in [0.2, 0.25) is 0 Å². The van der Waals surface area contributed by atoms with Crippen molar-refractivity contribution in [2.45, 2.75) is 19.8 Å². The first-order valence-electron chi connectivity index (χ1n) is 9.01. The molecule has 1 aliphatic heterocycles. The quantitative estimate of drug-likeness (QED) is 0.689. The van der Waals surface area contributed by atoms with Gasteiger partial charge in [0.15, 0.2) is 6.61 Å². The molecular formula is C21H19N3O3S. The molecule has 6 nitrogen and oxygen atoms in total. The molecule has 4 rings (SSSR count). The number of carbonyl (C=O) groups excluding carboxylic acids is 2. The first kappa shape index (κ1) is 18.2. The number of aromatic nitrogens is 1. The fourth-order valence-corrected chi connectivity index (χ4v) is 3.76. The Morgan fingerprint density at radius 1 is 1.25 bits per heavy atom. The van der Waals surface area contributed by atoms with Crippen LogP contribution in [0.15, 0.2) is 47.8 Å². The average molecular weight is 393 g/mol. The minimum absolute atomic E-state index is 0.00599. The van der Waals surface area contributed by atoms with Crippen LogP contribution in [0, 0.1) is 0 Å². The molecule has 0 fully saturated rings. The summed E-state index contributed by atoms with van der Waals surface area (Å²) in [6, 6.07) is 13.5. The Kier molecular flexibility index (Phi) is 5.08. The van der Waals surface area contributed by atoms with Crippen LogP contribution < -0.4 is 15.4 Å². The molecular weight excluding hydrogens is 374 g/mol. The maximum absolute atomic E-state index is 12.4. The van der Waals surface area contributed by atoms with Crippen molar-refractivity contribution in [1.29, 1.82) is 0 Å². The Morgan fingerprint density at radius 2 is 2.07 bits per heavy atom. The molecule has 0 radical (unpaired) electrons. The Bertz CT molecular complexity index is 1030. The van der Waals surface area contributed by atoms with Gasteiger partial charge in [0.25, 0.3) is 5.91 Å². The Balaban J connectivity index is 1.41. The highest BCUT2D eigenvalue weighted by Crippen LogP contribution is 2.30. The van der Waals surface area contributed by atoms with Gasteiger partial charge in [0.05, 0.1) is 17.8 Å². The molecule has 7 heteroatoms. The summed E-state index contributed by atoms with van der Waals surface area (Å²) in [7, 11) is 0. The molecule has 0 saturated carbocycles. The third kappa shape index (κ3) is 4.04. The topological polar surface area (TPSA) is 80.3 Å². The lowest BCUT2D eigenvalue weighted by Crippen LogP contribution is -2.25. The SMILES string of the molecule is CCc1ccc(-c2nc(CC(=O)Nc3ccc4c(c3)NC(=O)CO4)cs2)cc1. The Hall–Kier alpha value is -3.19. The maximum Gasteiger partial charge on any atom is 0.262 e. The Morgan fingerprint density at radius 3 is 2.86 bits per heavy atom. The first-order chi connectivity index (χ1) is 13.6. The summed E-state index contributed by atoms with van der Waals surface area (Å²) in [6.45, 7) is 2.13. The van der Waals surface area contributed by atoms with Crippen molar-refractivity contribution < 1.29 is 14.3 Å². The highest BCUT2D eigenvalue weighted by Gasteiger charge is 2.17. The number of fused-ring (bicyclic) bond motifs is 1. The number of nitrogens with zero attached hydrogens (tertiary/aromatic N) is 1. The van der Waals surface area contributed by atoms with Crippen molar-refractivity contribution in [1.82, 2.24) is 4.98 Å². The first-order valence-corrected chi connectivity index (χ1v) is 9.89. The summed E-state index contributed by atoms with van der Waals surface area (Å²) < 4.78 is 5.32. The molecule has 28 heavy (non-hydrogen) atoms. The number of aryl methyl sites for hydroxylation is 1. The lowest BCUT2D eigenvalue weighted by Gasteiger charge is -2.18. The van der Waals surface area contributed by atoms with Crippen LogP contribution in [0.25, 0.3) is 10.6 Å². The molecule has 1 aliphatic rings. The van der Waals surface area contributed by atoms with E-state index >= 15 is 0 Å². The molecule has 0 spiro atoms. The van der Waals surface area contributed by atoms with Gasteiger partial charge in [-0.15, -0.1) is 11.3 Å². The monoisotopic (exact) mass is 393 g/mol. The third-order valence-electron chi connectivity index (χ3n) is 4.40. The van der Waals surface area contributed by atoms with E-state index in [-0.39, 0.29) is 24.8 Å². The fraction of sp³-hybridized carbons (Fsp3) is 0.190. The van der Waals surface area contributed by atoms with E-state index in [4.69, 9.17) is 4.74 Å². The third-order valence-corrected chi connectivity index (χ3v) is 5.34. The molecule has 2 aromatic carbocycles. The molecule has 0 bridgehead atoms. The van der Waals surface area contributed by atoms with Gasteiger partial charge in [0, 0.05) is 16.6 Å². The van der Waals surface area contributed by atoms with Gasteiger partial charge in [-0.05, 0) is 30.2 Å². The number of amides is 2. The largest absolute Gasteiger partial charge is 0.482 e. The molecule has 0 atom stereocenters. The van der Waals surface area contributed by atoms with Gasteiger partial charge in [0.1, 0.15) is 10.8 Å². The average Bonchev–Trinajstić information content (AvgIpc) is 3.16. The highest BCUT2D eigenvalue weighted by atomic mass is 32.1. The number of hydrogen-bond acceptors (Lipinski definition) is 5. The van der Waals surface area contributed by atoms with E-state index in [2.05, 4.69) is 46.8 Å². The molecule has 142 valence electrons. The molecule has 2 N–H and O–H groups in total. The molecule has 1 aromatic heterocycles.